The fourth-order valence-corrected chi connectivity index (χ4v) is 3.97. The first kappa shape index (κ1) is 11.9. The third kappa shape index (κ3) is 1.87. The Hall–Kier alpha value is -1.21. The third-order valence-electron chi connectivity index (χ3n) is 3.94. The molecule has 18 heavy (non-hydrogen) atoms. The van der Waals surface area contributed by atoms with Crippen LogP contribution in [-0.2, 0) is 6.42 Å². The van der Waals surface area contributed by atoms with Crippen LogP contribution in [0, 0.1) is 6.92 Å². The lowest BCUT2D eigenvalue weighted by atomic mass is 9.92. The summed E-state index contributed by atoms with van der Waals surface area (Å²) in [5.74, 6) is 0.601. The summed E-state index contributed by atoms with van der Waals surface area (Å²) in [6.07, 6.45) is 4.68. The summed E-state index contributed by atoms with van der Waals surface area (Å²) >= 11 is 1.90. The zero-order chi connectivity index (χ0) is 12.5. The lowest BCUT2D eigenvalue weighted by molar-refractivity contribution is 0.778. The van der Waals surface area contributed by atoms with Gasteiger partial charge in [-0.1, -0.05) is 42.5 Å². The summed E-state index contributed by atoms with van der Waals surface area (Å²) in [5.41, 5.74) is 6.04. The molecule has 0 bridgehead atoms. The largest absolute Gasteiger partial charge is 0.129 e. The van der Waals surface area contributed by atoms with Crippen LogP contribution in [0.5, 0.6) is 0 Å². The van der Waals surface area contributed by atoms with Gasteiger partial charge >= 0.3 is 0 Å². The van der Waals surface area contributed by atoms with Crippen LogP contribution in [0.2, 0.25) is 0 Å². The quantitative estimate of drug-likeness (QED) is 0.694. The topological polar surface area (TPSA) is 0 Å². The van der Waals surface area contributed by atoms with Gasteiger partial charge in [-0.05, 0) is 48.3 Å². The molecule has 0 spiro atoms. The molecular weight excluding hydrogens is 236 g/mol. The first-order valence-electron chi connectivity index (χ1n) is 6.52. The van der Waals surface area contributed by atoms with Gasteiger partial charge in [-0.2, -0.15) is 0 Å². The molecule has 2 aromatic rings. The van der Waals surface area contributed by atoms with E-state index in [0.29, 0.717) is 5.92 Å². The van der Waals surface area contributed by atoms with Crippen molar-refractivity contribution in [1.82, 2.24) is 0 Å². The second-order valence-electron chi connectivity index (χ2n) is 4.99. The van der Waals surface area contributed by atoms with E-state index in [1.165, 1.54) is 28.9 Å². The van der Waals surface area contributed by atoms with Crippen LogP contribution in [0.15, 0.2) is 47.4 Å². The number of rotatable bonds is 2. The lowest BCUT2D eigenvalue weighted by Gasteiger charge is -2.17. The summed E-state index contributed by atoms with van der Waals surface area (Å²) in [6, 6.07) is 15.6. The molecule has 1 aliphatic carbocycles. The molecule has 1 atom stereocenters. The van der Waals surface area contributed by atoms with E-state index in [2.05, 4.69) is 55.6 Å². The molecule has 0 aromatic heterocycles. The predicted molar refractivity (Wildman–Crippen MR) is 79.6 cm³/mol. The summed E-state index contributed by atoms with van der Waals surface area (Å²) < 4.78 is 0. The second-order valence-corrected chi connectivity index (χ2v) is 5.81. The normalized spacial score (nSPS) is 17.8. The second kappa shape index (κ2) is 4.81. The van der Waals surface area contributed by atoms with Gasteiger partial charge in [0.25, 0.3) is 0 Å². The van der Waals surface area contributed by atoms with Gasteiger partial charge in [-0.3, -0.25) is 0 Å². The van der Waals surface area contributed by atoms with Crippen molar-refractivity contribution in [2.45, 2.75) is 30.6 Å². The summed E-state index contributed by atoms with van der Waals surface area (Å²) in [6.45, 7) is 2.23. The van der Waals surface area contributed by atoms with Crippen molar-refractivity contribution in [3.05, 3.63) is 64.7 Å². The Balaban J connectivity index is 2.13. The highest BCUT2D eigenvalue weighted by Gasteiger charge is 2.27. The Bertz CT molecular complexity index is 557. The predicted octanol–water partition coefficient (Wildman–Crippen LogP) is 4.80. The molecule has 0 radical (unpaired) electrons. The van der Waals surface area contributed by atoms with Crippen LogP contribution >= 0.6 is 11.8 Å². The highest BCUT2D eigenvalue weighted by molar-refractivity contribution is 7.98. The summed E-state index contributed by atoms with van der Waals surface area (Å²) in [7, 11) is 0. The standard InChI is InChI=1S/C17H18S/c1-12-8-9-14-10-11-15(16(14)17(12)18-2)13-6-4-3-5-7-13/h3-9,15H,10-11H2,1-2H3. The first-order chi connectivity index (χ1) is 8.81. The molecule has 0 heterocycles. The van der Waals surface area contributed by atoms with Crippen LogP contribution in [0.25, 0.3) is 0 Å². The van der Waals surface area contributed by atoms with E-state index in [4.69, 9.17) is 0 Å². The van der Waals surface area contributed by atoms with E-state index >= 15 is 0 Å². The van der Waals surface area contributed by atoms with E-state index in [9.17, 15) is 0 Å². The number of benzene rings is 2. The molecule has 0 saturated heterocycles. The van der Waals surface area contributed by atoms with Gasteiger partial charge in [0.2, 0.25) is 0 Å². The minimum Gasteiger partial charge on any atom is -0.129 e. The van der Waals surface area contributed by atoms with Crippen LogP contribution in [0.3, 0.4) is 0 Å². The molecule has 1 aliphatic rings. The maximum Gasteiger partial charge on any atom is 0.0139 e. The van der Waals surface area contributed by atoms with E-state index < -0.39 is 0 Å². The van der Waals surface area contributed by atoms with Gasteiger partial charge in [0, 0.05) is 10.8 Å². The number of fused-ring (bicyclic) bond motifs is 1. The molecule has 0 nitrogen and oxygen atoms in total. The molecule has 2 aromatic carbocycles. The smallest absolute Gasteiger partial charge is 0.0139 e. The van der Waals surface area contributed by atoms with Crippen LogP contribution in [-0.4, -0.2) is 6.26 Å². The van der Waals surface area contributed by atoms with Crippen LogP contribution < -0.4 is 0 Å². The number of aryl methyl sites for hydroxylation is 2. The van der Waals surface area contributed by atoms with Crippen molar-refractivity contribution in [2.24, 2.45) is 0 Å². The van der Waals surface area contributed by atoms with Crippen molar-refractivity contribution in [3.8, 4) is 0 Å². The van der Waals surface area contributed by atoms with Crippen molar-refractivity contribution in [3.63, 3.8) is 0 Å². The van der Waals surface area contributed by atoms with Crippen molar-refractivity contribution >= 4 is 11.8 Å². The van der Waals surface area contributed by atoms with E-state index in [0.717, 1.165) is 0 Å². The Labute approximate surface area is 113 Å². The molecule has 1 unspecified atom stereocenters. The molecule has 0 N–H and O–H groups in total. The molecule has 3 rings (SSSR count). The highest BCUT2D eigenvalue weighted by Crippen LogP contribution is 2.43. The number of hydrogen-bond donors (Lipinski definition) is 0. The van der Waals surface area contributed by atoms with Crippen molar-refractivity contribution < 1.29 is 0 Å². The monoisotopic (exact) mass is 254 g/mol. The maximum atomic E-state index is 2.33. The number of thioether (sulfide) groups is 1. The number of hydrogen-bond acceptors (Lipinski definition) is 1. The zero-order valence-corrected chi connectivity index (χ0v) is 11.8. The highest BCUT2D eigenvalue weighted by atomic mass is 32.2. The average molecular weight is 254 g/mol. The van der Waals surface area contributed by atoms with Gasteiger partial charge in [0.05, 0.1) is 0 Å². The van der Waals surface area contributed by atoms with Gasteiger partial charge in [-0.15, -0.1) is 11.8 Å². The van der Waals surface area contributed by atoms with E-state index in [-0.39, 0.29) is 0 Å². The van der Waals surface area contributed by atoms with Gasteiger partial charge in [-0.25, -0.2) is 0 Å². The molecule has 0 fully saturated rings. The lowest BCUT2D eigenvalue weighted by Crippen LogP contribution is -1.99. The van der Waals surface area contributed by atoms with Crippen molar-refractivity contribution in [2.75, 3.05) is 6.26 Å². The van der Waals surface area contributed by atoms with Crippen LogP contribution in [0.1, 0.15) is 34.6 Å². The molecule has 0 aliphatic heterocycles. The molecule has 0 saturated carbocycles. The molecule has 0 amide bonds. The Morgan fingerprint density at radius 2 is 1.83 bits per heavy atom. The van der Waals surface area contributed by atoms with Gasteiger partial charge in [0.15, 0.2) is 0 Å². The SMILES string of the molecule is CSc1c(C)ccc2c1C(c1ccccc1)CC2. The molecule has 92 valence electrons. The van der Waals surface area contributed by atoms with Gasteiger partial charge < -0.3 is 0 Å². The third-order valence-corrected chi connectivity index (χ3v) is 4.89. The zero-order valence-electron chi connectivity index (χ0n) is 10.9. The minimum absolute atomic E-state index is 0.601. The average Bonchev–Trinajstić information content (AvgIpc) is 2.83. The summed E-state index contributed by atoms with van der Waals surface area (Å²) in [5, 5.41) is 0. The Morgan fingerprint density at radius 1 is 1.06 bits per heavy atom. The molecule has 1 heteroatoms. The van der Waals surface area contributed by atoms with Crippen LogP contribution in [0.4, 0.5) is 0 Å². The first-order valence-corrected chi connectivity index (χ1v) is 7.75. The fraction of sp³-hybridized carbons (Fsp3) is 0.294. The summed E-state index contributed by atoms with van der Waals surface area (Å²) in [4.78, 5) is 1.50. The van der Waals surface area contributed by atoms with E-state index in [1.54, 1.807) is 11.1 Å². The molecular formula is C17H18S. The van der Waals surface area contributed by atoms with Crippen molar-refractivity contribution in [1.29, 1.82) is 0 Å². The fourth-order valence-electron chi connectivity index (χ4n) is 3.08. The Kier molecular flexibility index (Phi) is 3.17. The Morgan fingerprint density at radius 3 is 2.56 bits per heavy atom. The van der Waals surface area contributed by atoms with E-state index in [1.807, 2.05) is 11.8 Å². The minimum atomic E-state index is 0.601. The maximum absolute atomic E-state index is 2.33. The van der Waals surface area contributed by atoms with Gasteiger partial charge in [0.1, 0.15) is 0 Å².